The molecule has 5 rings (SSSR count). The number of benzene rings is 2. The van der Waals surface area contributed by atoms with E-state index in [-0.39, 0.29) is 35.8 Å². The van der Waals surface area contributed by atoms with Gasteiger partial charge < -0.3 is 4.74 Å². The Morgan fingerprint density at radius 1 is 1.11 bits per heavy atom. The van der Waals surface area contributed by atoms with E-state index in [0.29, 0.717) is 58.0 Å². The van der Waals surface area contributed by atoms with E-state index in [4.69, 9.17) is 22.1 Å². The number of piperidine rings is 1. The monoisotopic (exact) mass is 694 g/mol. The Morgan fingerprint density at radius 2 is 1.85 bits per heavy atom. The molecule has 2 aliphatic heterocycles. The van der Waals surface area contributed by atoms with Gasteiger partial charge in [-0.05, 0) is 62.4 Å². The number of thioether (sulfide) groups is 1. The Morgan fingerprint density at radius 3 is 2.53 bits per heavy atom. The zero-order valence-electron chi connectivity index (χ0n) is 27.1. The summed E-state index contributed by atoms with van der Waals surface area (Å²) in [6.45, 7) is 7.47. The van der Waals surface area contributed by atoms with Gasteiger partial charge in [-0.2, -0.15) is 9.40 Å². The minimum atomic E-state index is -3.83. The fourth-order valence-corrected chi connectivity index (χ4v) is 8.73. The number of para-hydroxylation sites is 1. The summed E-state index contributed by atoms with van der Waals surface area (Å²) in [4.78, 5) is 28.2. The Kier molecular flexibility index (Phi) is 11.7. The predicted molar refractivity (Wildman–Crippen MR) is 190 cm³/mol. The molecule has 2 saturated heterocycles. The van der Waals surface area contributed by atoms with Crippen LogP contribution in [0.1, 0.15) is 64.9 Å². The lowest BCUT2D eigenvalue weighted by atomic mass is 9.98. The molecule has 0 bridgehead atoms. The number of thiocarbonyl (C=S) groups is 1. The summed E-state index contributed by atoms with van der Waals surface area (Å²) in [5.74, 6) is -0.300. The summed E-state index contributed by atoms with van der Waals surface area (Å²) in [5, 5.41) is 4.88. The van der Waals surface area contributed by atoms with Gasteiger partial charge in [0, 0.05) is 37.0 Å². The van der Waals surface area contributed by atoms with Crippen LogP contribution in [0.3, 0.4) is 0 Å². The highest BCUT2D eigenvalue weighted by atomic mass is 32.2. The van der Waals surface area contributed by atoms with Crippen molar-refractivity contribution in [1.82, 2.24) is 19.0 Å². The molecule has 0 saturated carbocycles. The minimum absolute atomic E-state index is 0.115. The van der Waals surface area contributed by atoms with Crippen LogP contribution in [0.4, 0.5) is 0 Å². The topological polar surface area (TPSA) is 102 Å². The van der Waals surface area contributed by atoms with Crippen LogP contribution >= 0.6 is 24.0 Å². The summed E-state index contributed by atoms with van der Waals surface area (Å²) >= 11 is 6.95. The van der Waals surface area contributed by atoms with Crippen molar-refractivity contribution in [3.63, 3.8) is 0 Å². The van der Waals surface area contributed by atoms with Gasteiger partial charge in [-0.25, -0.2) is 13.1 Å². The summed E-state index contributed by atoms with van der Waals surface area (Å²) in [6.07, 6.45) is 8.76. The number of unbranched alkanes of at least 4 members (excludes halogenated alkanes) is 1. The lowest BCUT2D eigenvalue weighted by Crippen LogP contribution is -2.40. The number of carbonyl (C=O) groups excluding carboxylic acids is 2. The largest absolute Gasteiger partial charge is 0.466 e. The van der Waals surface area contributed by atoms with E-state index in [1.165, 1.54) is 16.1 Å². The SMILES string of the molecule is CCCCC(CC)CN1C(=O)C(=Cc2cn(-c3ccccc3)nc2-c2cccc(S(=O)(=O)N3CCC(C(=O)OCC)CC3)c2)SC1=S. The van der Waals surface area contributed by atoms with E-state index in [0.717, 1.165) is 31.4 Å². The van der Waals surface area contributed by atoms with E-state index < -0.39 is 10.0 Å². The van der Waals surface area contributed by atoms with Crippen molar-refractivity contribution in [3.05, 3.63) is 71.3 Å². The maximum atomic E-state index is 13.8. The molecule has 47 heavy (non-hydrogen) atoms. The average Bonchev–Trinajstić information content (AvgIpc) is 3.63. The Hall–Kier alpha value is -3.32. The molecule has 0 N–H and O–H groups in total. The summed E-state index contributed by atoms with van der Waals surface area (Å²) in [6, 6.07) is 16.4. The molecule has 9 nitrogen and oxygen atoms in total. The first-order valence-electron chi connectivity index (χ1n) is 16.3. The molecule has 1 atom stereocenters. The van der Waals surface area contributed by atoms with Gasteiger partial charge in [-0.1, -0.05) is 87.4 Å². The van der Waals surface area contributed by atoms with E-state index in [1.54, 1.807) is 34.7 Å². The second kappa shape index (κ2) is 15.7. The fourth-order valence-electron chi connectivity index (χ4n) is 5.95. The zero-order chi connectivity index (χ0) is 33.6. The molecule has 1 aromatic heterocycles. The molecule has 0 radical (unpaired) electrons. The van der Waals surface area contributed by atoms with E-state index >= 15 is 0 Å². The smallest absolute Gasteiger partial charge is 0.309 e. The first-order valence-corrected chi connectivity index (χ1v) is 19.0. The first-order chi connectivity index (χ1) is 22.7. The van der Waals surface area contributed by atoms with Gasteiger partial charge in [-0.15, -0.1) is 0 Å². The standard InChI is InChI=1S/C35H42N4O5S3/c1-4-7-12-25(5-2)23-38-33(40)31(46-35(38)45)22-28-24-39(29-14-9-8-10-15-29)36-32(28)27-13-11-16-30(21-27)47(42,43)37-19-17-26(18-20-37)34(41)44-6-3/h8-11,13-16,21-22,24-26H,4-7,12,17-20,23H2,1-3H3. The maximum absolute atomic E-state index is 13.8. The lowest BCUT2D eigenvalue weighted by Gasteiger charge is -2.30. The quantitative estimate of drug-likeness (QED) is 0.108. The van der Waals surface area contributed by atoms with Crippen molar-refractivity contribution in [2.24, 2.45) is 11.8 Å². The molecular formula is C35H42N4O5S3. The highest BCUT2D eigenvalue weighted by Crippen LogP contribution is 2.36. The average molecular weight is 695 g/mol. The molecular weight excluding hydrogens is 653 g/mol. The third kappa shape index (κ3) is 8.05. The maximum Gasteiger partial charge on any atom is 0.309 e. The number of aromatic nitrogens is 2. The fraction of sp³-hybridized carbons (Fsp3) is 0.429. The summed E-state index contributed by atoms with van der Waals surface area (Å²) in [5.41, 5.74) is 2.66. The number of esters is 1. The summed E-state index contributed by atoms with van der Waals surface area (Å²) < 4.78 is 36.4. The molecule has 12 heteroatoms. The highest BCUT2D eigenvalue weighted by molar-refractivity contribution is 8.26. The van der Waals surface area contributed by atoms with Crippen LogP contribution in [0.2, 0.25) is 0 Å². The first kappa shape index (κ1) is 35.0. The third-order valence-corrected chi connectivity index (χ3v) is 12.0. The van der Waals surface area contributed by atoms with Crippen molar-refractivity contribution in [2.45, 2.75) is 64.2 Å². The number of ether oxygens (including phenoxy) is 1. The second-order valence-corrected chi connectivity index (χ2v) is 15.5. The van der Waals surface area contributed by atoms with Crippen LogP contribution in [-0.2, 0) is 24.3 Å². The van der Waals surface area contributed by atoms with Gasteiger partial charge in [-0.3, -0.25) is 14.5 Å². The molecule has 2 fully saturated rings. The molecule has 3 aromatic rings. The second-order valence-electron chi connectivity index (χ2n) is 11.9. The van der Waals surface area contributed by atoms with Crippen molar-refractivity contribution >= 4 is 56.3 Å². The molecule has 0 spiro atoms. The molecule has 2 aromatic carbocycles. The van der Waals surface area contributed by atoms with Gasteiger partial charge in [0.15, 0.2) is 0 Å². The predicted octanol–water partition coefficient (Wildman–Crippen LogP) is 6.92. The van der Waals surface area contributed by atoms with E-state index in [1.807, 2.05) is 48.7 Å². The number of rotatable bonds is 13. The number of amides is 1. The van der Waals surface area contributed by atoms with E-state index in [9.17, 15) is 18.0 Å². The van der Waals surface area contributed by atoms with Gasteiger partial charge >= 0.3 is 5.97 Å². The Bertz CT molecular complexity index is 1730. The van der Waals surface area contributed by atoms with Crippen molar-refractivity contribution in [1.29, 1.82) is 0 Å². The van der Waals surface area contributed by atoms with Crippen LogP contribution in [0, 0.1) is 11.8 Å². The lowest BCUT2D eigenvalue weighted by molar-refractivity contribution is -0.149. The molecule has 250 valence electrons. The van der Waals surface area contributed by atoms with Gasteiger partial charge in [0.2, 0.25) is 10.0 Å². The molecule has 1 unspecified atom stereocenters. The summed E-state index contributed by atoms with van der Waals surface area (Å²) in [7, 11) is -3.83. The minimum Gasteiger partial charge on any atom is -0.466 e. The molecule has 1 amide bonds. The van der Waals surface area contributed by atoms with Gasteiger partial charge in [0.1, 0.15) is 10.0 Å². The van der Waals surface area contributed by atoms with Crippen LogP contribution in [-0.4, -0.2) is 69.8 Å². The molecule has 2 aliphatic rings. The zero-order valence-corrected chi connectivity index (χ0v) is 29.6. The van der Waals surface area contributed by atoms with Crippen LogP contribution < -0.4 is 0 Å². The van der Waals surface area contributed by atoms with Crippen molar-refractivity contribution < 1.29 is 22.7 Å². The Balaban J connectivity index is 1.45. The Labute approximate surface area is 287 Å². The highest BCUT2D eigenvalue weighted by Gasteiger charge is 2.35. The van der Waals surface area contributed by atoms with Crippen LogP contribution in [0.15, 0.2) is 70.6 Å². The molecule has 0 aliphatic carbocycles. The van der Waals surface area contributed by atoms with Crippen LogP contribution in [0.25, 0.3) is 23.0 Å². The molecule has 3 heterocycles. The number of sulfonamides is 1. The number of hydrogen-bond donors (Lipinski definition) is 0. The number of hydrogen-bond acceptors (Lipinski definition) is 8. The number of carbonyl (C=O) groups is 2. The van der Waals surface area contributed by atoms with Gasteiger partial charge in [0.05, 0.1) is 28.0 Å². The normalized spacial score (nSPS) is 17.9. The third-order valence-electron chi connectivity index (χ3n) is 8.73. The van der Waals surface area contributed by atoms with E-state index in [2.05, 4.69) is 13.8 Å². The number of nitrogens with zero attached hydrogens (tertiary/aromatic N) is 4. The van der Waals surface area contributed by atoms with Crippen molar-refractivity contribution in [2.75, 3.05) is 26.2 Å². The van der Waals surface area contributed by atoms with Crippen LogP contribution in [0.5, 0.6) is 0 Å². The van der Waals surface area contributed by atoms with Gasteiger partial charge in [0.25, 0.3) is 5.91 Å². The van der Waals surface area contributed by atoms with Crippen molar-refractivity contribution in [3.8, 4) is 16.9 Å².